The predicted octanol–water partition coefficient (Wildman–Crippen LogP) is 3.73. The zero-order valence-corrected chi connectivity index (χ0v) is 12.7. The standard InChI is InChI=1S/C18H23NO/c1-13-9-10-14(2)15(11-13)12-18(3,19)16-7-5-6-8-17(16)20-4/h5-11H,12,19H2,1-4H3. The highest BCUT2D eigenvalue weighted by Crippen LogP contribution is 2.31. The molecule has 20 heavy (non-hydrogen) atoms. The lowest BCUT2D eigenvalue weighted by Gasteiger charge is -2.28. The Kier molecular flexibility index (Phi) is 4.15. The van der Waals surface area contributed by atoms with Gasteiger partial charge in [0.2, 0.25) is 0 Å². The average Bonchev–Trinajstić information content (AvgIpc) is 2.42. The Bertz CT molecular complexity index is 602. The normalized spacial score (nSPS) is 13.8. The second-order valence-electron chi connectivity index (χ2n) is 5.72. The van der Waals surface area contributed by atoms with Crippen molar-refractivity contribution in [3.8, 4) is 5.75 Å². The van der Waals surface area contributed by atoms with Crippen LogP contribution >= 0.6 is 0 Å². The molecule has 2 nitrogen and oxygen atoms in total. The van der Waals surface area contributed by atoms with Crippen LogP contribution in [0.1, 0.15) is 29.2 Å². The first-order chi connectivity index (χ1) is 9.44. The van der Waals surface area contributed by atoms with E-state index in [9.17, 15) is 0 Å². The highest BCUT2D eigenvalue weighted by Gasteiger charge is 2.25. The molecule has 0 aliphatic heterocycles. The maximum Gasteiger partial charge on any atom is 0.123 e. The Labute approximate surface area is 121 Å². The van der Waals surface area contributed by atoms with Gasteiger partial charge in [-0.2, -0.15) is 0 Å². The van der Waals surface area contributed by atoms with Gasteiger partial charge in [0, 0.05) is 11.1 Å². The average molecular weight is 269 g/mol. The second-order valence-corrected chi connectivity index (χ2v) is 5.72. The van der Waals surface area contributed by atoms with Crippen LogP contribution in [0.4, 0.5) is 0 Å². The van der Waals surface area contributed by atoms with Gasteiger partial charge in [0.1, 0.15) is 5.75 Å². The minimum Gasteiger partial charge on any atom is -0.496 e. The van der Waals surface area contributed by atoms with E-state index in [1.807, 2.05) is 24.3 Å². The van der Waals surface area contributed by atoms with E-state index in [0.29, 0.717) is 0 Å². The number of methoxy groups -OCH3 is 1. The van der Waals surface area contributed by atoms with Crippen LogP contribution in [0.5, 0.6) is 5.75 Å². The summed E-state index contributed by atoms with van der Waals surface area (Å²) < 4.78 is 5.44. The van der Waals surface area contributed by atoms with Crippen molar-refractivity contribution < 1.29 is 4.74 Å². The Morgan fingerprint density at radius 2 is 1.80 bits per heavy atom. The van der Waals surface area contributed by atoms with E-state index in [4.69, 9.17) is 10.5 Å². The van der Waals surface area contributed by atoms with Gasteiger partial charge in [-0.15, -0.1) is 0 Å². The molecule has 0 aliphatic carbocycles. The maximum absolute atomic E-state index is 6.59. The number of nitrogens with two attached hydrogens (primary N) is 1. The first-order valence-electron chi connectivity index (χ1n) is 6.92. The summed E-state index contributed by atoms with van der Waals surface area (Å²) in [5.41, 5.74) is 11.0. The van der Waals surface area contributed by atoms with Gasteiger partial charge in [-0.3, -0.25) is 0 Å². The van der Waals surface area contributed by atoms with Gasteiger partial charge in [-0.05, 0) is 44.4 Å². The fraction of sp³-hybridized carbons (Fsp3) is 0.333. The molecule has 1 atom stereocenters. The Hall–Kier alpha value is -1.80. The van der Waals surface area contributed by atoms with Crippen molar-refractivity contribution in [2.45, 2.75) is 32.7 Å². The number of hydrogen-bond donors (Lipinski definition) is 1. The van der Waals surface area contributed by atoms with Crippen molar-refractivity contribution in [2.24, 2.45) is 5.73 Å². The zero-order chi connectivity index (χ0) is 14.8. The lowest BCUT2D eigenvalue weighted by Crippen LogP contribution is -2.36. The summed E-state index contributed by atoms with van der Waals surface area (Å²) in [5.74, 6) is 0.850. The molecule has 2 rings (SSSR count). The highest BCUT2D eigenvalue weighted by molar-refractivity contribution is 5.41. The third-order valence-electron chi connectivity index (χ3n) is 3.78. The fourth-order valence-corrected chi connectivity index (χ4v) is 2.60. The topological polar surface area (TPSA) is 35.2 Å². The maximum atomic E-state index is 6.59. The van der Waals surface area contributed by atoms with Crippen LogP contribution in [0.15, 0.2) is 42.5 Å². The van der Waals surface area contributed by atoms with Crippen LogP contribution in [0.3, 0.4) is 0 Å². The molecule has 2 aromatic carbocycles. The number of para-hydroxylation sites is 1. The van der Waals surface area contributed by atoms with Crippen LogP contribution in [0.25, 0.3) is 0 Å². The third kappa shape index (κ3) is 3.02. The van der Waals surface area contributed by atoms with E-state index in [2.05, 4.69) is 39.0 Å². The minimum absolute atomic E-state index is 0.453. The molecule has 0 spiro atoms. The van der Waals surface area contributed by atoms with Crippen LogP contribution in [-0.4, -0.2) is 7.11 Å². The van der Waals surface area contributed by atoms with Gasteiger partial charge >= 0.3 is 0 Å². The molecule has 2 N–H and O–H groups in total. The van der Waals surface area contributed by atoms with E-state index in [0.717, 1.165) is 17.7 Å². The van der Waals surface area contributed by atoms with Gasteiger partial charge < -0.3 is 10.5 Å². The smallest absolute Gasteiger partial charge is 0.123 e. The fourth-order valence-electron chi connectivity index (χ4n) is 2.60. The lowest BCUT2D eigenvalue weighted by atomic mass is 9.84. The summed E-state index contributed by atoms with van der Waals surface area (Å²) >= 11 is 0. The molecule has 0 radical (unpaired) electrons. The second kappa shape index (κ2) is 5.68. The predicted molar refractivity (Wildman–Crippen MR) is 84.2 cm³/mol. The van der Waals surface area contributed by atoms with Crippen molar-refractivity contribution in [1.29, 1.82) is 0 Å². The third-order valence-corrected chi connectivity index (χ3v) is 3.78. The number of aryl methyl sites for hydroxylation is 2. The van der Waals surface area contributed by atoms with Crippen molar-refractivity contribution in [2.75, 3.05) is 7.11 Å². The quantitative estimate of drug-likeness (QED) is 0.918. The summed E-state index contributed by atoms with van der Waals surface area (Å²) in [4.78, 5) is 0. The summed E-state index contributed by atoms with van der Waals surface area (Å²) in [5, 5.41) is 0. The van der Waals surface area contributed by atoms with Crippen LogP contribution < -0.4 is 10.5 Å². The molecule has 0 fully saturated rings. The monoisotopic (exact) mass is 269 g/mol. The zero-order valence-electron chi connectivity index (χ0n) is 12.7. The van der Waals surface area contributed by atoms with Gasteiger partial charge in [0.05, 0.1) is 7.11 Å². The molecule has 0 amide bonds. The summed E-state index contributed by atoms with van der Waals surface area (Å²) in [6, 6.07) is 14.5. The minimum atomic E-state index is -0.453. The summed E-state index contributed by atoms with van der Waals surface area (Å²) in [6.45, 7) is 6.31. The van der Waals surface area contributed by atoms with E-state index in [1.165, 1.54) is 16.7 Å². The highest BCUT2D eigenvalue weighted by atomic mass is 16.5. The Morgan fingerprint density at radius 3 is 2.50 bits per heavy atom. The molecule has 106 valence electrons. The van der Waals surface area contributed by atoms with Gasteiger partial charge in [-0.25, -0.2) is 0 Å². The SMILES string of the molecule is COc1ccccc1C(C)(N)Cc1cc(C)ccc1C. The van der Waals surface area contributed by atoms with Crippen LogP contribution in [-0.2, 0) is 12.0 Å². The molecular formula is C18H23NO. The molecule has 2 aromatic rings. The van der Waals surface area contributed by atoms with Gasteiger partial charge in [0.25, 0.3) is 0 Å². The van der Waals surface area contributed by atoms with E-state index >= 15 is 0 Å². The molecule has 0 aliphatic rings. The first kappa shape index (κ1) is 14.6. The molecule has 0 bridgehead atoms. The van der Waals surface area contributed by atoms with E-state index in [1.54, 1.807) is 7.11 Å². The summed E-state index contributed by atoms with van der Waals surface area (Å²) in [7, 11) is 1.69. The lowest BCUT2D eigenvalue weighted by molar-refractivity contribution is 0.386. The van der Waals surface area contributed by atoms with Gasteiger partial charge in [-0.1, -0.05) is 42.0 Å². The number of rotatable bonds is 4. The van der Waals surface area contributed by atoms with Crippen LogP contribution in [0, 0.1) is 13.8 Å². The first-order valence-corrected chi connectivity index (χ1v) is 6.92. The van der Waals surface area contributed by atoms with E-state index in [-0.39, 0.29) is 0 Å². The molecule has 0 saturated heterocycles. The van der Waals surface area contributed by atoms with Crippen molar-refractivity contribution in [3.63, 3.8) is 0 Å². The number of ether oxygens (including phenoxy) is 1. The molecule has 2 heteroatoms. The number of benzene rings is 2. The Morgan fingerprint density at radius 1 is 1.10 bits per heavy atom. The van der Waals surface area contributed by atoms with Crippen molar-refractivity contribution in [1.82, 2.24) is 0 Å². The van der Waals surface area contributed by atoms with Crippen molar-refractivity contribution >= 4 is 0 Å². The molecular weight excluding hydrogens is 246 g/mol. The Balaban J connectivity index is 2.37. The molecule has 1 unspecified atom stereocenters. The molecule has 0 saturated carbocycles. The largest absolute Gasteiger partial charge is 0.496 e. The van der Waals surface area contributed by atoms with Crippen molar-refractivity contribution in [3.05, 3.63) is 64.7 Å². The van der Waals surface area contributed by atoms with Crippen LogP contribution in [0.2, 0.25) is 0 Å². The molecule has 0 heterocycles. The summed E-state index contributed by atoms with van der Waals surface area (Å²) in [6.07, 6.45) is 0.793. The van der Waals surface area contributed by atoms with E-state index < -0.39 is 5.54 Å². The van der Waals surface area contributed by atoms with Gasteiger partial charge in [0.15, 0.2) is 0 Å². The molecule has 0 aromatic heterocycles. The number of hydrogen-bond acceptors (Lipinski definition) is 2.